The molecule has 26 heavy (non-hydrogen) atoms. The van der Waals surface area contributed by atoms with Gasteiger partial charge in [-0.3, -0.25) is 4.79 Å². The van der Waals surface area contributed by atoms with Gasteiger partial charge in [-0.25, -0.2) is 0 Å². The molecule has 1 heterocycles. The number of carbonyl (C=O) groups is 1. The highest BCUT2D eigenvalue weighted by atomic mass is 32.2. The van der Waals surface area contributed by atoms with Crippen LogP contribution in [-0.2, 0) is 4.79 Å². The molecule has 0 amide bonds. The maximum Gasteiger partial charge on any atom is 0.277 e. The van der Waals surface area contributed by atoms with Gasteiger partial charge in [0.1, 0.15) is 0 Å². The van der Waals surface area contributed by atoms with E-state index in [4.69, 9.17) is 4.42 Å². The molecule has 6 rings (SSSR count). The molecular formula is C21H24N2O2S. The summed E-state index contributed by atoms with van der Waals surface area (Å²) in [6.45, 7) is 2.01. The second kappa shape index (κ2) is 6.22. The van der Waals surface area contributed by atoms with Crippen LogP contribution in [0.3, 0.4) is 0 Å². The van der Waals surface area contributed by atoms with Crippen LogP contribution in [0.1, 0.15) is 45.4 Å². The van der Waals surface area contributed by atoms with Gasteiger partial charge >= 0.3 is 0 Å². The van der Waals surface area contributed by atoms with Gasteiger partial charge in [-0.15, -0.1) is 10.2 Å². The molecule has 4 aliphatic carbocycles. The molecule has 136 valence electrons. The second-order valence-corrected chi connectivity index (χ2v) is 9.85. The number of rotatable bonds is 5. The minimum absolute atomic E-state index is 0.0660. The van der Waals surface area contributed by atoms with E-state index in [2.05, 4.69) is 10.2 Å². The molecule has 4 bridgehead atoms. The number of nitrogens with zero attached hydrogens (tertiary/aromatic N) is 2. The molecular weight excluding hydrogens is 344 g/mol. The third-order valence-corrected chi connectivity index (χ3v) is 7.57. The van der Waals surface area contributed by atoms with E-state index in [0.717, 1.165) is 42.6 Å². The summed E-state index contributed by atoms with van der Waals surface area (Å²) in [5, 5.41) is 8.66. The highest BCUT2D eigenvalue weighted by molar-refractivity contribution is 8.00. The van der Waals surface area contributed by atoms with Gasteiger partial charge in [0, 0.05) is 11.0 Å². The molecule has 4 fully saturated rings. The van der Waals surface area contributed by atoms with Crippen LogP contribution in [0.4, 0.5) is 0 Å². The average Bonchev–Trinajstić information content (AvgIpc) is 3.09. The zero-order valence-electron chi connectivity index (χ0n) is 15.1. The third-order valence-electron chi connectivity index (χ3n) is 6.63. The van der Waals surface area contributed by atoms with Crippen molar-refractivity contribution in [2.75, 3.05) is 0 Å². The molecule has 4 saturated carbocycles. The van der Waals surface area contributed by atoms with Gasteiger partial charge < -0.3 is 4.42 Å². The first-order valence-electron chi connectivity index (χ1n) is 9.71. The zero-order valence-corrected chi connectivity index (χ0v) is 15.9. The summed E-state index contributed by atoms with van der Waals surface area (Å²) in [5.74, 6) is 3.30. The van der Waals surface area contributed by atoms with Crippen molar-refractivity contribution in [3.63, 3.8) is 0 Å². The van der Waals surface area contributed by atoms with Crippen LogP contribution in [0.15, 0.2) is 40.0 Å². The van der Waals surface area contributed by atoms with Crippen molar-refractivity contribution in [1.82, 2.24) is 10.2 Å². The summed E-state index contributed by atoms with van der Waals surface area (Å²) in [5.41, 5.74) is 0.843. The van der Waals surface area contributed by atoms with Crippen molar-refractivity contribution in [3.05, 3.63) is 30.3 Å². The molecule has 0 aliphatic heterocycles. The molecule has 1 aromatic heterocycles. The number of Topliss-reactive ketones (excluding diaryl/α,β-unsaturated/α-hetero) is 1. The van der Waals surface area contributed by atoms with Crippen LogP contribution in [0.5, 0.6) is 0 Å². The molecule has 1 aromatic carbocycles. The summed E-state index contributed by atoms with van der Waals surface area (Å²) >= 11 is 1.43. The van der Waals surface area contributed by atoms with E-state index in [1.54, 1.807) is 0 Å². The van der Waals surface area contributed by atoms with Crippen molar-refractivity contribution in [3.8, 4) is 11.5 Å². The predicted octanol–water partition coefficient (Wildman–Crippen LogP) is 5.00. The Kier molecular flexibility index (Phi) is 3.96. The maximum absolute atomic E-state index is 13.4. The van der Waals surface area contributed by atoms with E-state index in [9.17, 15) is 4.79 Å². The third kappa shape index (κ3) is 2.81. The molecule has 0 spiro atoms. The largest absolute Gasteiger partial charge is 0.411 e. The lowest BCUT2D eigenvalue weighted by Gasteiger charge is -2.56. The SMILES string of the molecule is CC(Sc1nnc(-c2ccccc2)o1)C(=O)C12CC3CC(CC(C3)C1)C2. The maximum atomic E-state index is 13.4. The fraction of sp³-hybridized carbons (Fsp3) is 0.571. The van der Waals surface area contributed by atoms with Gasteiger partial charge in [0.05, 0.1) is 5.25 Å². The van der Waals surface area contributed by atoms with E-state index in [1.807, 2.05) is 37.3 Å². The minimum atomic E-state index is -0.129. The van der Waals surface area contributed by atoms with Crippen molar-refractivity contribution >= 4 is 17.5 Å². The lowest BCUT2D eigenvalue weighted by Crippen LogP contribution is -2.51. The van der Waals surface area contributed by atoms with E-state index in [-0.39, 0.29) is 10.7 Å². The monoisotopic (exact) mass is 368 g/mol. The average molecular weight is 369 g/mol. The van der Waals surface area contributed by atoms with Gasteiger partial charge in [-0.1, -0.05) is 30.0 Å². The van der Waals surface area contributed by atoms with Crippen LogP contribution in [-0.4, -0.2) is 21.2 Å². The lowest BCUT2D eigenvalue weighted by atomic mass is 9.48. The van der Waals surface area contributed by atoms with Crippen molar-refractivity contribution in [2.24, 2.45) is 23.2 Å². The van der Waals surface area contributed by atoms with Crippen molar-refractivity contribution in [1.29, 1.82) is 0 Å². The van der Waals surface area contributed by atoms with Crippen LogP contribution in [0, 0.1) is 23.2 Å². The molecule has 0 N–H and O–H groups in total. The molecule has 0 radical (unpaired) electrons. The Morgan fingerprint density at radius 2 is 1.69 bits per heavy atom. The highest BCUT2D eigenvalue weighted by Gasteiger charge is 2.55. The Balaban J connectivity index is 1.31. The standard InChI is InChI=1S/C21H24N2O2S/c1-13(26-20-23-22-19(25-20)17-5-3-2-4-6-17)18(24)21-10-14-7-15(11-21)9-16(8-14)12-21/h2-6,13-16H,7-12H2,1H3. The summed E-state index contributed by atoms with van der Waals surface area (Å²) in [6, 6.07) is 9.76. The first-order valence-corrected chi connectivity index (χ1v) is 10.6. The fourth-order valence-electron chi connectivity index (χ4n) is 6.00. The number of aromatic nitrogens is 2. The van der Waals surface area contributed by atoms with E-state index in [0.29, 0.717) is 16.9 Å². The van der Waals surface area contributed by atoms with Gasteiger partial charge in [0.25, 0.3) is 5.22 Å². The normalized spacial score (nSPS) is 33.3. The Labute approximate surface area is 158 Å². The summed E-state index contributed by atoms with van der Waals surface area (Å²) in [6.07, 6.45) is 7.42. The number of carbonyl (C=O) groups excluding carboxylic acids is 1. The van der Waals surface area contributed by atoms with Crippen LogP contribution in [0.2, 0.25) is 0 Å². The Hall–Kier alpha value is -1.62. The second-order valence-electron chi connectivity index (χ2n) is 8.56. The topological polar surface area (TPSA) is 56.0 Å². The Morgan fingerprint density at radius 3 is 2.31 bits per heavy atom. The number of hydrogen-bond donors (Lipinski definition) is 0. The zero-order chi connectivity index (χ0) is 17.7. The Morgan fingerprint density at radius 1 is 1.08 bits per heavy atom. The molecule has 4 aliphatic rings. The molecule has 0 saturated heterocycles. The number of thioether (sulfide) groups is 1. The van der Waals surface area contributed by atoms with Gasteiger partial charge in [-0.05, 0) is 75.3 Å². The van der Waals surface area contributed by atoms with Crippen molar-refractivity contribution in [2.45, 2.75) is 55.9 Å². The number of benzene rings is 1. The van der Waals surface area contributed by atoms with E-state index < -0.39 is 0 Å². The summed E-state index contributed by atoms with van der Waals surface area (Å²) in [4.78, 5) is 13.4. The molecule has 1 unspecified atom stereocenters. The summed E-state index contributed by atoms with van der Waals surface area (Å²) in [7, 11) is 0. The number of hydrogen-bond acceptors (Lipinski definition) is 5. The van der Waals surface area contributed by atoms with Crippen LogP contribution in [0.25, 0.3) is 11.5 Å². The van der Waals surface area contributed by atoms with Crippen LogP contribution >= 0.6 is 11.8 Å². The first-order chi connectivity index (χ1) is 12.6. The first kappa shape index (κ1) is 16.5. The predicted molar refractivity (Wildman–Crippen MR) is 101 cm³/mol. The molecule has 4 nitrogen and oxygen atoms in total. The quantitative estimate of drug-likeness (QED) is 0.695. The highest BCUT2D eigenvalue weighted by Crippen LogP contribution is 2.61. The minimum Gasteiger partial charge on any atom is -0.411 e. The van der Waals surface area contributed by atoms with E-state index in [1.165, 1.54) is 31.0 Å². The smallest absolute Gasteiger partial charge is 0.277 e. The van der Waals surface area contributed by atoms with Crippen LogP contribution < -0.4 is 0 Å². The van der Waals surface area contributed by atoms with E-state index >= 15 is 0 Å². The lowest BCUT2D eigenvalue weighted by molar-refractivity contribution is -0.143. The Bertz CT molecular complexity index is 781. The molecule has 5 heteroatoms. The van der Waals surface area contributed by atoms with Crippen molar-refractivity contribution < 1.29 is 9.21 Å². The number of ketones is 1. The van der Waals surface area contributed by atoms with Gasteiger partial charge in [-0.2, -0.15) is 0 Å². The molecule has 2 aromatic rings. The fourth-order valence-corrected chi connectivity index (χ4v) is 6.88. The van der Waals surface area contributed by atoms with Gasteiger partial charge in [0.2, 0.25) is 5.89 Å². The summed E-state index contributed by atoms with van der Waals surface area (Å²) < 4.78 is 5.80. The van der Waals surface area contributed by atoms with Gasteiger partial charge in [0.15, 0.2) is 5.78 Å². The molecule has 1 atom stereocenters.